The maximum atomic E-state index is 11.2. The number of primary amides is 1. The number of carbonyl (C=O) groups excluding carboxylic acids is 1. The van der Waals surface area contributed by atoms with Crippen LogP contribution >= 0.6 is 0 Å². The Morgan fingerprint density at radius 3 is 2.50 bits per heavy atom. The highest BCUT2D eigenvalue weighted by Gasteiger charge is 2.13. The van der Waals surface area contributed by atoms with Crippen LogP contribution in [0.2, 0.25) is 0 Å². The summed E-state index contributed by atoms with van der Waals surface area (Å²) >= 11 is 0. The summed E-state index contributed by atoms with van der Waals surface area (Å²) in [6, 6.07) is 17.2. The number of hydrogen-bond donors (Lipinski definition) is 2. The molecule has 3 N–H and O–H groups in total. The van der Waals surface area contributed by atoms with Crippen molar-refractivity contribution in [2.24, 2.45) is 5.73 Å². The lowest BCUT2D eigenvalue weighted by Crippen LogP contribution is -2.30. The molecule has 3 aromatic rings. The molecule has 3 rings (SSSR count). The van der Waals surface area contributed by atoms with E-state index >= 15 is 0 Å². The number of aromatic nitrogens is 2. The van der Waals surface area contributed by atoms with Gasteiger partial charge in [0.25, 0.3) is 5.91 Å². The third kappa shape index (κ3) is 5.26. The molecule has 0 aliphatic heterocycles. The Hall–Kier alpha value is -3.61. The quantitative estimate of drug-likeness (QED) is 0.589. The molecule has 2 atom stereocenters. The van der Waals surface area contributed by atoms with E-state index in [2.05, 4.69) is 15.3 Å². The topological polar surface area (TPSA) is 99.4 Å². The van der Waals surface area contributed by atoms with E-state index in [0.29, 0.717) is 17.4 Å². The van der Waals surface area contributed by atoms with Gasteiger partial charge in [-0.2, -0.15) is 0 Å². The number of amides is 1. The first-order valence-electron chi connectivity index (χ1n) is 9.68. The van der Waals surface area contributed by atoms with E-state index in [1.54, 1.807) is 20.1 Å². The molecule has 7 nitrogen and oxygen atoms in total. The van der Waals surface area contributed by atoms with Gasteiger partial charge in [0, 0.05) is 11.6 Å². The molecule has 156 valence electrons. The Kier molecular flexibility index (Phi) is 6.51. The lowest BCUT2D eigenvalue weighted by atomic mass is 10.1. The highest BCUT2D eigenvalue weighted by atomic mass is 16.5. The number of benzene rings is 2. The molecule has 1 amide bonds. The molecule has 0 saturated heterocycles. The van der Waals surface area contributed by atoms with Gasteiger partial charge in [0.05, 0.1) is 18.8 Å². The average Bonchev–Trinajstić information content (AvgIpc) is 2.73. The molecular weight excluding hydrogens is 380 g/mol. The van der Waals surface area contributed by atoms with Crippen molar-refractivity contribution in [2.45, 2.75) is 32.9 Å². The van der Waals surface area contributed by atoms with E-state index in [0.717, 1.165) is 22.6 Å². The van der Waals surface area contributed by atoms with Crippen LogP contribution in [0.1, 0.15) is 31.3 Å². The molecule has 0 bridgehead atoms. The van der Waals surface area contributed by atoms with Crippen molar-refractivity contribution < 1.29 is 14.3 Å². The maximum Gasteiger partial charge on any atom is 0.258 e. The molecule has 0 saturated carbocycles. The normalized spacial score (nSPS) is 12.7. The van der Waals surface area contributed by atoms with Gasteiger partial charge >= 0.3 is 0 Å². The lowest BCUT2D eigenvalue weighted by molar-refractivity contribution is -0.123. The van der Waals surface area contributed by atoms with Crippen LogP contribution in [-0.2, 0) is 4.79 Å². The third-order valence-electron chi connectivity index (χ3n) is 4.64. The molecule has 1 aromatic heterocycles. The van der Waals surface area contributed by atoms with Gasteiger partial charge in [-0.3, -0.25) is 4.79 Å². The predicted molar refractivity (Wildman–Crippen MR) is 117 cm³/mol. The van der Waals surface area contributed by atoms with Gasteiger partial charge < -0.3 is 20.5 Å². The number of nitrogens with two attached hydrogens (primary N) is 1. The van der Waals surface area contributed by atoms with E-state index in [-0.39, 0.29) is 6.04 Å². The molecule has 1 heterocycles. The van der Waals surface area contributed by atoms with Crippen LogP contribution in [0.15, 0.2) is 54.6 Å². The summed E-state index contributed by atoms with van der Waals surface area (Å²) in [6.45, 7) is 5.51. The Morgan fingerprint density at radius 2 is 1.77 bits per heavy atom. The lowest BCUT2D eigenvalue weighted by Gasteiger charge is -2.18. The van der Waals surface area contributed by atoms with Crippen molar-refractivity contribution in [3.8, 4) is 22.8 Å². The van der Waals surface area contributed by atoms with Crippen molar-refractivity contribution >= 4 is 11.7 Å². The second kappa shape index (κ2) is 9.26. The molecule has 0 spiro atoms. The van der Waals surface area contributed by atoms with E-state index in [4.69, 9.17) is 15.2 Å². The molecule has 30 heavy (non-hydrogen) atoms. The van der Waals surface area contributed by atoms with E-state index in [9.17, 15) is 4.79 Å². The highest BCUT2D eigenvalue weighted by Crippen LogP contribution is 2.27. The molecule has 0 radical (unpaired) electrons. The Morgan fingerprint density at radius 1 is 1.03 bits per heavy atom. The van der Waals surface area contributed by atoms with Crippen LogP contribution in [0.3, 0.4) is 0 Å². The van der Waals surface area contributed by atoms with Gasteiger partial charge in [0.1, 0.15) is 23.1 Å². The summed E-state index contributed by atoms with van der Waals surface area (Å²) in [5, 5.41) is 3.41. The molecule has 0 fully saturated rings. The minimum atomic E-state index is -0.696. The number of methoxy groups -OCH3 is 1. The molecule has 7 heteroatoms. The van der Waals surface area contributed by atoms with Gasteiger partial charge in [0.15, 0.2) is 6.10 Å². The predicted octanol–water partition coefficient (Wildman–Crippen LogP) is 3.89. The van der Waals surface area contributed by atoms with Crippen LogP contribution in [0, 0.1) is 6.92 Å². The standard InChI is InChI=1S/C23H26N4O3/c1-14(17-7-5-10-20(11-17)30-15(2)23(24)28)25-22-13-21(26-16(3)27-22)18-8-6-9-19(12-18)29-4/h5-15H,1-4H3,(H2,24,28)(H,25,26,27). The van der Waals surface area contributed by atoms with Crippen LogP contribution < -0.4 is 20.5 Å². The summed E-state index contributed by atoms with van der Waals surface area (Å²) in [6.07, 6.45) is -0.696. The van der Waals surface area contributed by atoms with Gasteiger partial charge in [0.2, 0.25) is 0 Å². The first kappa shape index (κ1) is 21.1. The second-order valence-corrected chi connectivity index (χ2v) is 7.02. The highest BCUT2D eigenvalue weighted by molar-refractivity contribution is 5.78. The Balaban J connectivity index is 1.81. The number of rotatable bonds is 8. The van der Waals surface area contributed by atoms with Gasteiger partial charge in [-0.1, -0.05) is 24.3 Å². The SMILES string of the molecule is COc1cccc(-c2cc(NC(C)c3cccc(OC(C)C(N)=O)c3)nc(C)n2)c1. The fourth-order valence-electron chi connectivity index (χ4n) is 3.00. The molecule has 0 aliphatic carbocycles. The molecular formula is C23H26N4O3. The fourth-order valence-corrected chi connectivity index (χ4v) is 3.00. The average molecular weight is 406 g/mol. The number of anilines is 1. The first-order chi connectivity index (χ1) is 14.4. The molecule has 0 aliphatic rings. The third-order valence-corrected chi connectivity index (χ3v) is 4.64. The molecule has 2 unspecified atom stereocenters. The zero-order valence-electron chi connectivity index (χ0n) is 17.5. The number of nitrogens with zero attached hydrogens (tertiary/aromatic N) is 2. The maximum absolute atomic E-state index is 11.2. The van der Waals surface area contributed by atoms with Crippen LogP contribution in [-0.4, -0.2) is 29.1 Å². The van der Waals surface area contributed by atoms with Gasteiger partial charge in [-0.25, -0.2) is 9.97 Å². The minimum absolute atomic E-state index is 0.0510. The minimum Gasteiger partial charge on any atom is -0.497 e. The van der Waals surface area contributed by atoms with Crippen molar-refractivity contribution in [2.75, 3.05) is 12.4 Å². The van der Waals surface area contributed by atoms with Crippen molar-refractivity contribution in [1.29, 1.82) is 0 Å². The summed E-state index contributed by atoms with van der Waals surface area (Å²) < 4.78 is 10.9. The largest absolute Gasteiger partial charge is 0.497 e. The van der Waals surface area contributed by atoms with Crippen molar-refractivity contribution in [3.05, 3.63) is 66.0 Å². The van der Waals surface area contributed by atoms with Gasteiger partial charge in [-0.15, -0.1) is 0 Å². The number of nitrogens with one attached hydrogen (secondary N) is 1. The summed E-state index contributed by atoms with van der Waals surface area (Å²) in [5.41, 5.74) is 8.03. The summed E-state index contributed by atoms with van der Waals surface area (Å²) in [4.78, 5) is 20.3. The number of ether oxygens (including phenoxy) is 2. The molecule has 2 aromatic carbocycles. The Labute approximate surface area is 176 Å². The van der Waals surface area contributed by atoms with E-state index in [1.807, 2.05) is 62.4 Å². The summed E-state index contributed by atoms with van der Waals surface area (Å²) in [7, 11) is 1.64. The number of hydrogen-bond acceptors (Lipinski definition) is 6. The fraction of sp³-hybridized carbons (Fsp3) is 0.261. The second-order valence-electron chi connectivity index (χ2n) is 7.02. The first-order valence-corrected chi connectivity index (χ1v) is 9.68. The monoisotopic (exact) mass is 406 g/mol. The van der Waals surface area contributed by atoms with Crippen molar-refractivity contribution in [1.82, 2.24) is 9.97 Å². The smallest absolute Gasteiger partial charge is 0.258 e. The zero-order valence-corrected chi connectivity index (χ0v) is 17.5. The number of aryl methyl sites for hydroxylation is 1. The van der Waals surface area contributed by atoms with Crippen molar-refractivity contribution in [3.63, 3.8) is 0 Å². The zero-order chi connectivity index (χ0) is 21.7. The van der Waals surface area contributed by atoms with E-state index in [1.165, 1.54) is 0 Å². The summed E-state index contributed by atoms with van der Waals surface area (Å²) in [5.74, 6) is 2.23. The van der Waals surface area contributed by atoms with Crippen LogP contribution in [0.5, 0.6) is 11.5 Å². The van der Waals surface area contributed by atoms with Crippen LogP contribution in [0.25, 0.3) is 11.3 Å². The number of carbonyl (C=O) groups is 1. The van der Waals surface area contributed by atoms with Gasteiger partial charge in [-0.05, 0) is 50.6 Å². The Bertz CT molecular complexity index is 1040. The van der Waals surface area contributed by atoms with Crippen LogP contribution in [0.4, 0.5) is 5.82 Å². The van der Waals surface area contributed by atoms with E-state index < -0.39 is 12.0 Å².